The fraction of sp³-hybridized carbons (Fsp3) is 0.286. The van der Waals surface area contributed by atoms with Crippen molar-refractivity contribution in [2.75, 3.05) is 18.3 Å². The molecule has 8 nitrogen and oxygen atoms in total. The van der Waals surface area contributed by atoms with E-state index < -0.39 is 12.0 Å². The van der Waals surface area contributed by atoms with Crippen molar-refractivity contribution in [3.63, 3.8) is 0 Å². The predicted molar refractivity (Wildman–Crippen MR) is 103 cm³/mol. The van der Waals surface area contributed by atoms with E-state index in [4.69, 9.17) is 14.2 Å². The van der Waals surface area contributed by atoms with Crippen molar-refractivity contribution in [2.45, 2.75) is 25.9 Å². The van der Waals surface area contributed by atoms with Crippen LogP contribution in [0, 0.1) is 0 Å². The third kappa shape index (κ3) is 3.79. The number of amides is 2. The number of ether oxygens (including phenoxy) is 3. The van der Waals surface area contributed by atoms with Crippen LogP contribution in [0.3, 0.4) is 0 Å². The van der Waals surface area contributed by atoms with E-state index in [1.165, 1.54) is 0 Å². The molecule has 4 rings (SSSR count). The average molecular weight is 396 g/mol. The number of nitrogens with zero attached hydrogens (tertiary/aromatic N) is 1. The van der Waals surface area contributed by atoms with Gasteiger partial charge in [-0.15, -0.1) is 0 Å². The van der Waals surface area contributed by atoms with Crippen molar-refractivity contribution >= 4 is 23.5 Å². The number of nitrogens with one attached hydrogen (secondary N) is 1. The van der Waals surface area contributed by atoms with Gasteiger partial charge in [-0.05, 0) is 48.9 Å². The Morgan fingerprint density at radius 2 is 1.90 bits per heavy atom. The zero-order valence-electron chi connectivity index (χ0n) is 15.8. The van der Waals surface area contributed by atoms with Crippen LogP contribution in [0.5, 0.6) is 11.5 Å². The number of hydrogen-bond donors (Lipinski definition) is 1. The number of rotatable bonds is 6. The second-order valence-corrected chi connectivity index (χ2v) is 6.66. The van der Waals surface area contributed by atoms with Crippen molar-refractivity contribution in [1.29, 1.82) is 0 Å². The van der Waals surface area contributed by atoms with Gasteiger partial charge in [0.05, 0.1) is 30.3 Å². The molecule has 1 fully saturated rings. The molecular formula is C21H20N2O6. The second-order valence-electron chi connectivity index (χ2n) is 6.66. The minimum absolute atomic E-state index is 0.0724. The van der Waals surface area contributed by atoms with E-state index in [9.17, 15) is 14.4 Å². The lowest BCUT2D eigenvalue weighted by atomic mass is 10.1. The van der Waals surface area contributed by atoms with Crippen molar-refractivity contribution in [3.05, 3.63) is 53.6 Å². The normalized spacial score (nSPS) is 17.7. The molecule has 2 aliphatic rings. The SMILES string of the molecule is CCOC(=O)c1ccc(N2C(=O)C[C@@H](NCc3ccc4c(c3)OCO4)C2=O)cc1. The summed E-state index contributed by atoms with van der Waals surface area (Å²) in [6.07, 6.45) is 0.0724. The molecule has 2 aromatic carbocycles. The van der Waals surface area contributed by atoms with Gasteiger partial charge in [0.15, 0.2) is 11.5 Å². The summed E-state index contributed by atoms with van der Waals surface area (Å²) >= 11 is 0. The monoisotopic (exact) mass is 396 g/mol. The number of benzene rings is 2. The van der Waals surface area contributed by atoms with Crippen LogP contribution >= 0.6 is 0 Å². The lowest BCUT2D eigenvalue weighted by molar-refractivity contribution is -0.121. The van der Waals surface area contributed by atoms with Crippen LogP contribution < -0.4 is 19.7 Å². The number of imide groups is 1. The lowest BCUT2D eigenvalue weighted by Crippen LogP contribution is -2.38. The first-order valence-electron chi connectivity index (χ1n) is 9.32. The summed E-state index contributed by atoms with van der Waals surface area (Å²) in [6.45, 7) is 2.62. The first-order valence-corrected chi connectivity index (χ1v) is 9.32. The Morgan fingerprint density at radius 3 is 2.66 bits per heavy atom. The van der Waals surface area contributed by atoms with Gasteiger partial charge in [0.25, 0.3) is 5.91 Å². The van der Waals surface area contributed by atoms with Gasteiger partial charge < -0.3 is 19.5 Å². The molecule has 1 atom stereocenters. The van der Waals surface area contributed by atoms with E-state index in [1.54, 1.807) is 31.2 Å². The minimum atomic E-state index is -0.613. The Hall–Kier alpha value is -3.39. The molecule has 0 aliphatic carbocycles. The smallest absolute Gasteiger partial charge is 0.338 e. The molecule has 2 amide bonds. The van der Waals surface area contributed by atoms with E-state index in [-0.39, 0.29) is 31.6 Å². The van der Waals surface area contributed by atoms with E-state index in [2.05, 4.69) is 5.32 Å². The van der Waals surface area contributed by atoms with Crippen molar-refractivity contribution in [3.8, 4) is 11.5 Å². The van der Waals surface area contributed by atoms with E-state index >= 15 is 0 Å². The maximum Gasteiger partial charge on any atom is 0.338 e. The number of anilines is 1. The van der Waals surface area contributed by atoms with E-state index in [0.717, 1.165) is 10.5 Å². The summed E-state index contributed by atoms with van der Waals surface area (Å²) in [4.78, 5) is 38.1. The molecule has 0 radical (unpaired) electrons. The Kier molecular flexibility index (Phi) is 5.18. The fourth-order valence-corrected chi connectivity index (χ4v) is 3.32. The molecule has 8 heteroatoms. The van der Waals surface area contributed by atoms with Gasteiger partial charge in [0.1, 0.15) is 0 Å². The number of esters is 1. The predicted octanol–water partition coefficient (Wildman–Crippen LogP) is 2.01. The molecule has 2 aliphatic heterocycles. The minimum Gasteiger partial charge on any atom is -0.462 e. The second kappa shape index (κ2) is 7.92. The highest BCUT2D eigenvalue weighted by Gasteiger charge is 2.39. The van der Waals surface area contributed by atoms with Crippen molar-refractivity contribution in [2.24, 2.45) is 0 Å². The lowest BCUT2D eigenvalue weighted by Gasteiger charge is -2.16. The molecular weight excluding hydrogens is 376 g/mol. The van der Waals surface area contributed by atoms with E-state index in [0.29, 0.717) is 29.3 Å². The Balaban J connectivity index is 1.41. The standard InChI is InChI=1S/C21H20N2O6/c1-2-27-21(26)14-4-6-15(7-5-14)23-19(24)10-16(20(23)25)22-11-13-3-8-17-18(9-13)29-12-28-17/h3-9,16,22H,2,10-12H2,1H3/t16-/m1/s1. The van der Waals surface area contributed by atoms with Crippen LogP contribution in [0.4, 0.5) is 5.69 Å². The summed E-state index contributed by atoms with van der Waals surface area (Å²) in [5, 5.41) is 3.13. The zero-order valence-corrected chi connectivity index (χ0v) is 15.8. The molecule has 150 valence electrons. The summed E-state index contributed by atoms with van der Waals surface area (Å²) in [5.74, 6) is 0.308. The van der Waals surface area contributed by atoms with Gasteiger partial charge >= 0.3 is 5.97 Å². The molecule has 1 N–H and O–H groups in total. The molecule has 0 bridgehead atoms. The molecule has 0 unspecified atom stereocenters. The van der Waals surface area contributed by atoms with Gasteiger partial charge in [0.2, 0.25) is 12.7 Å². The maximum absolute atomic E-state index is 12.8. The van der Waals surface area contributed by atoms with Crippen LogP contribution in [-0.2, 0) is 20.9 Å². The largest absolute Gasteiger partial charge is 0.462 e. The zero-order chi connectivity index (χ0) is 20.4. The topological polar surface area (TPSA) is 94.2 Å². The van der Waals surface area contributed by atoms with Gasteiger partial charge in [-0.3, -0.25) is 9.59 Å². The summed E-state index contributed by atoms with van der Waals surface area (Å²) in [7, 11) is 0. The first kappa shape index (κ1) is 18.9. The van der Waals surface area contributed by atoms with Crippen molar-refractivity contribution < 1.29 is 28.6 Å². The highest BCUT2D eigenvalue weighted by molar-refractivity contribution is 6.22. The van der Waals surface area contributed by atoms with Gasteiger partial charge in [-0.25, -0.2) is 9.69 Å². The highest BCUT2D eigenvalue weighted by Crippen LogP contribution is 2.32. The molecule has 0 saturated carbocycles. The molecule has 2 heterocycles. The van der Waals surface area contributed by atoms with Gasteiger partial charge in [-0.2, -0.15) is 0 Å². The average Bonchev–Trinajstić information content (AvgIpc) is 3.30. The van der Waals surface area contributed by atoms with Gasteiger partial charge in [-0.1, -0.05) is 6.07 Å². The number of fused-ring (bicyclic) bond motifs is 1. The summed E-state index contributed by atoms with van der Waals surface area (Å²) in [6, 6.07) is 11.2. The molecule has 0 spiro atoms. The van der Waals surface area contributed by atoms with Crippen LogP contribution in [0.1, 0.15) is 29.3 Å². The fourth-order valence-electron chi connectivity index (χ4n) is 3.32. The third-order valence-corrected chi connectivity index (χ3v) is 4.77. The Bertz CT molecular complexity index is 956. The molecule has 2 aromatic rings. The number of carbonyl (C=O) groups excluding carboxylic acids is 3. The third-order valence-electron chi connectivity index (χ3n) is 4.77. The highest BCUT2D eigenvalue weighted by atomic mass is 16.7. The van der Waals surface area contributed by atoms with Crippen LogP contribution in [0.2, 0.25) is 0 Å². The Labute approximate surface area is 167 Å². The first-order chi connectivity index (χ1) is 14.1. The Morgan fingerprint density at radius 1 is 1.14 bits per heavy atom. The summed E-state index contributed by atoms with van der Waals surface area (Å²) < 4.78 is 15.6. The van der Waals surface area contributed by atoms with Crippen LogP contribution in [-0.4, -0.2) is 37.2 Å². The maximum atomic E-state index is 12.8. The molecule has 29 heavy (non-hydrogen) atoms. The van der Waals surface area contributed by atoms with Crippen LogP contribution in [0.15, 0.2) is 42.5 Å². The number of carbonyl (C=O) groups is 3. The number of hydrogen-bond acceptors (Lipinski definition) is 7. The summed E-state index contributed by atoms with van der Waals surface area (Å²) in [5.41, 5.74) is 1.72. The molecule has 1 saturated heterocycles. The van der Waals surface area contributed by atoms with Crippen LogP contribution in [0.25, 0.3) is 0 Å². The van der Waals surface area contributed by atoms with Gasteiger partial charge in [0, 0.05) is 6.54 Å². The quantitative estimate of drug-likeness (QED) is 0.590. The molecule has 0 aromatic heterocycles. The van der Waals surface area contributed by atoms with Crippen molar-refractivity contribution in [1.82, 2.24) is 5.32 Å². The van der Waals surface area contributed by atoms with E-state index in [1.807, 2.05) is 18.2 Å².